The second-order valence-electron chi connectivity index (χ2n) is 9.79. The van der Waals surface area contributed by atoms with Gasteiger partial charge in [0, 0.05) is 57.1 Å². The molecule has 1 aromatic heterocycles. The molecule has 0 spiro atoms. The lowest BCUT2D eigenvalue weighted by Gasteiger charge is -2.31. The van der Waals surface area contributed by atoms with Crippen LogP contribution in [0.4, 0.5) is 5.69 Å². The summed E-state index contributed by atoms with van der Waals surface area (Å²) in [5.74, 6) is 1.37. The van der Waals surface area contributed by atoms with Crippen LogP contribution in [0.15, 0.2) is 58.4 Å². The van der Waals surface area contributed by atoms with Crippen LogP contribution in [0.2, 0.25) is 0 Å². The van der Waals surface area contributed by atoms with Gasteiger partial charge in [-0.25, -0.2) is 9.98 Å². The van der Waals surface area contributed by atoms with E-state index in [0.29, 0.717) is 42.6 Å². The molecule has 1 aliphatic heterocycles. The first kappa shape index (κ1) is 27.9. The summed E-state index contributed by atoms with van der Waals surface area (Å²) in [5, 5.41) is 6.14. The Morgan fingerprint density at radius 3 is 2.77 bits per heavy atom. The highest BCUT2D eigenvalue weighted by Gasteiger charge is 2.31. The minimum Gasteiger partial charge on any atom is -0.495 e. The standard InChI is InChI=1S/C28H38N8O3/c1-20-26(36(22-8-5-6-9-22)16-12-25(37)34(20)3)33-28(29-2)32-23-11-10-21(18-24(23)39-4)27(38)31-13-7-15-35-17-14-30-19-35/h10-11,14,17-19,22H,2,5-9,12-13,15-16H2,1,3-4H3,(H,31,38)(H,32,33). The van der Waals surface area contributed by atoms with Gasteiger partial charge in [-0.2, -0.15) is 4.99 Å². The van der Waals surface area contributed by atoms with Crippen molar-refractivity contribution in [1.29, 1.82) is 0 Å². The fraction of sp³-hybridized carbons (Fsp3) is 0.464. The van der Waals surface area contributed by atoms with Gasteiger partial charge in [-0.1, -0.05) is 12.8 Å². The number of nitrogens with one attached hydrogen (secondary N) is 2. The van der Waals surface area contributed by atoms with Crippen molar-refractivity contribution in [2.45, 2.75) is 58.0 Å². The van der Waals surface area contributed by atoms with Crippen molar-refractivity contribution in [1.82, 2.24) is 24.7 Å². The van der Waals surface area contributed by atoms with Gasteiger partial charge in [-0.3, -0.25) is 9.59 Å². The monoisotopic (exact) mass is 534 g/mol. The lowest BCUT2D eigenvalue weighted by Crippen LogP contribution is -2.33. The van der Waals surface area contributed by atoms with Crippen molar-refractivity contribution in [3.8, 4) is 5.75 Å². The summed E-state index contributed by atoms with van der Waals surface area (Å²) in [6, 6.07) is 5.52. The zero-order valence-corrected chi connectivity index (χ0v) is 23.0. The van der Waals surface area contributed by atoms with E-state index in [0.717, 1.165) is 37.3 Å². The van der Waals surface area contributed by atoms with Crippen molar-refractivity contribution in [2.24, 2.45) is 9.98 Å². The fourth-order valence-electron chi connectivity index (χ4n) is 5.00. The smallest absolute Gasteiger partial charge is 0.251 e. The number of aliphatic imine (C=N–C) groups is 2. The van der Waals surface area contributed by atoms with Gasteiger partial charge >= 0.3 is 0 Å². The summed E-state index contributed by atoms with van der Waals surface area (Å²) in [5.41, 5.74) is 1.86. The van der Waals surface area contributed by atoms with E-state index in [4.69, 9.17) is 9.73 Å². The predicted octanol–water partition coefficient (Wildman–Crippen LogP) is 3.48. The van der Waals surface area contributed by atoms with Crippen LogP contribution in [0.1, 0.15) is 55.8 Å². The molecule has 0 unspecified atom stereocenters. The second-order valence-corrected chi connectivity index (χ2v) is 9.79. The van der Waals surface area contributed by atoms with Crippen LogP contribution in [0.25, 0.3) is 0 Å². The summed E-state index contributed by atoms with van der Waals surface area (Å²) >= 11 is 0. The van der Waals surface area contributed by atoms with Gasteiger partial charge in [0.15, 0.2) is 5.82 Å². The SMILES string of the molecule is C=N/C(=N\C1=C(C)N(C)C(=O)CCN1C1CCCC1)Nc1ccc(C(=O)NCCCn2ccnc2)cc1OC. The summed E-state index contributed by atoms with van der Waals surface area (Å²) in [6.07, 6.45) is 11.1. The average molecular weight is 535 g/mol. The molecule has 1 fully saturated rings. The number of hydrogen-bond donors (Lipinski definition) is 2. The van der Waals surface area contributed by atoms with Crippen LogP contribution in [-0.2, 0) is 11.3 Å². The van der Waals surface area contributed by atoms with Gasteiger partial charge in [0.2, 0.25) is 11.9 Å². The van der Waals surface area contributed by atoms with Gasteiger partial charge < -0.3 is 29.7 Å². The third-order valence-electron chi connectivity index (χ3n) is 7.31. The number of anilines is 1. The number of aromatic nitrogens is 2. The van der Waals surface area contributed by atoms with Crippen LogP contribution in [0.3, 0.4) is 0 Å². The Hall–Kier alpha value is -4.15. The summed E-state index contributed by atoms with van der Waals surface area (Å²) in [7, 11) is 3.33. The van der Waals surface area contributed by atoms with Crippen LogP contribution in [-0.4, -0.2) is 77.1 Å². The third kappa shape index (κ3) is 6.84. The maximum atomic E-state index is 12.7. The van der Waals surface area contributed by atoms with Crippen molar-refractivity contribution in [3.63, 3.8) is 0 Å². The largest absolute Gasteiger partial charge is 0.495 e. The number of ether oxygens (including phenoxy) is 1. The fourth-order valence-corrected chi connectivity index (χ4v) is 5.00. The number of methoxy groups -OCH3 is 1. The number of carbonyl (C=O) groups is 2. The van der Waals surface area contributed by atoms with Crippen molar-refractivity contribution in [3.05, 3.63) is 54.0 Å². The van der Waals surface area contributed by atoms with Crippen molar-refractivity contribution in [2.75, 3.05) is 32.6 Å². The van der Waals surface area contributed by atoms with E-state index in [-0.39, 0.29) is 17.8 Å². The molecule has 208 valence electrons. The highest BCUT2D eigenvalue weighted by atomic mass is 16.5. The molecule has 11 nitrogen and oxygen atoms in total. The van der Waals surface area contributed by atoms with E-state index in [1.54, 1.807) is 49.8 Å². The number of allylic oxidation sites excluding steroid dienone is 1. The molecular formula is C28H38N8O3. The van der Waals surface area contributed by atoms with Crippen molar-refractivity contribution < 1.29 is 14.3 Å². The zero-order valence-electron chi connectivity index (χ0n) is 23.0. The quantitative estimate of drug-likeness (QED) is 0.289. The molecular weight excluding hydrogens is 496 g/mol. The summed E-state index contributed by atoms with van der Waals surface area (Å²) in [6.45, 7) is 7.56. The first-order valence-corrected chi connectivity index (χ1v) is 13.4. The predicted molar refractivity (Wildman–Crippen MR) is 152 cm³/mol. The van der Waals surface area contributed by atoms with Crippen LogP contribution < -0.4 is 15.4 Å². The number of amides is 2. The number of benzene rings is 1. The number of aryl methyl sites for hydroxylation is 1. The van der Waals surface area contributed by atoms with Gasteiger partial charge in [0.1, 0.15) is 5.75 Å². The van der Waals surface area contributed by atoms with Crippen LogP contribution in [0, 0.1) is 0 Å². The molecule has 0 atom stereocenters. The Morgan fingerprint density at radius 2 is 2.08 bits per heavy atom. The molecule has 2 aromatic rings. The Morgan fingerprint density at radius 1 is 1.28 bits per heavy atom. The molecule has 2 heterocycles. The number of imidazole rings is 1. The molecule has 1 aromatic carbocycles. The molecule has 0 saturated heterocycles. The van der Waals surface area contributed by atoms with E-state index >= 15 is 0 Å². The van der Waals surface area contributed by atoms with Gasteiger partial charge in [0.05, 0.1) is 24.8 Å². The van der Waals surface area contributed by atoms with Crippen LogP contribution >= 0.6 is 0 Å². The molecule has 1 saturated carbocycles. The number of guanidine groups is 1. The summed E-state index contributed by atoms with van der Waals surface area (Å²) < 4.78 is 7.55. The van der Waals surface area contributed by atoms with Gasteiger partial charge in [-0.05, 0) is 51.1 Å². The van der Waals surface area contributed by atoms with E-state index in [1.165, 1.54) is 12.8 Å². The molecule has 2 amide bonds. The normalized spacial score (nSPS) is 16.9. The van der Waals surface area contributed by atoms with E-state index in [2.05, 4.69) is 32.2 Å². The minimum absolute atomic E-state index is 0.0685. The van der Waals surface area contributed by atoms with Gasteiger partial charge in [-0.15, -0.1) is 0 Å². The zero-order chi connectivity index (χ0) is 27.8. The Balaban J connectivity index is 1.49. The molecule has 2 aliphatic rings. The molecule has 0 bridgehead atoms. The van der Waals surface area contributed by atoms with E-state index in [1.807, 2.05) is 17.7 Å². The molecule has 1 aliphatic carbocycles. The summed E-state index contributed by atoms with van der Waals surface area (Å²) in [4.78, 5) is 42.2. The van der Waals surface area contributed by atoms with Crippen LogP contribution in [0.5, 0.6) is 5.75 Å². The maximum Gasteiger partial charge on any atom is 0.251 e. The van der Waals surface area contributed by atoms with Gasteiger partial charge in [0.25, 0.3) is 5.91 Å². The molecule has 39 heavy (non-hydrogen) atoms. The average Bonchev–Trinajstić information content (AvgIpc) is 3.66. The van der Waals surface area contributed by atoms with Crippen molar-refractivity contribution >= 4 is 30.2 Å². The molecule has 11 heteroatoms. The second kappa shape index (κ2) is 13.1. The lowest BCUT2D eigenvalue weighted by molar-refractivity contribution is -0.127. The highest BCUT2D eigenvalue weighted by Crippen LogP contribution is 2.31. The highest BCUT2D eigenvalue weighted by molar-refractivity contribution is 6.00. The molecule has 0 radical (unpaired) electrons. The Kier molecular flexibility index (Phi) is 9.35. The first-order chi connectivity index (χ1) is 18.9. The first-order valence-electron chi connectivity index (χ1n) is 13.4. The number of carbonyl (C=O) groups excluding carboxylic acids is 2. The molecule has 2 N–H and O–H groups in total. The lowest BCUT2D eigenvalue weighted by atomic mass is 10.1. The van der Waals surface area contributed by atoms with E-state index < -0.39 is 0 Å². The third-order valence-corrected chi connectivity index (χ3v) is 7.31. The maximum absolute atomic E-state index is 12.7. The number of hydrogen-bond acceptors (Lipinski definition) is 6. The van der Waals surface area contributed by atoms with E-state index in [9.17, 15) is 9.59 Å². The number of nitrogens with zero attached hydrogens (tertiary/aromatic N) is 6. The number of rotatable bonds is 9. The molecule has 4 rings (SSSR count). The topological polar surface area (TPSA) is 116 Å². The Bertz CT molecular complexity index is 1230. The minimum atomic E-state index is -0.180. The Labute approximate surface area is 229 Å².